The number of fused-ring (bicyclic) bond motifs is 3. The van der Waals surface area contributed by atoms with Crippen molar-refractivity contribution >= 4 is 27.6 Å². The van der Waals surface area contributed by atoms with Crippen LogP contribution in [0.3, 0.4) is 0 Å². The number of furan rings is 1. The summed E-state index contributed by atoms with van der Waals surface area (Å²) < 4.78 is 10.5. The second kappa shape index (κ2) is 5.97. The molecular formula is C17H17NO3. The number of rotatable bonds is 5. The van der Waals surface area contributed by atoms with Crippen LogP contribution in [-0.4, -0.2) is 26.2 Å². The van der Waals surface area contributed by atoms with Crippen LogP contribution in [0.2, 0.25) is 0 Å². The standard InChI is InChI=1S/C17H17NO3/c1-20-9-8-18-16(19)10-13-11-21-15-7-6-12-4-2-3-5-14(12)17(13)15/h2-7,11H,8-10H2,1H3,(H,18,19). The first-order chi connectivity index (χ1) is 10.3. The number of methoxy groups -OCH3 is 1. The number of nitrogens with one attached hydrogen (secondary N) is 1. The molecule has 1 N–H and O–H groups in total. The fourth-order valence-corrected chi connectivity index (χ4v) is 2.53. The molecule has 4 nitrogen and oxygen atoms in total. The van der Waals surface area contributed by atoms with Gasteiger partial charge in [0.15, 0.2) is 0 Å². The van der Waals surface area contributed by atoms with Gasteiger partial charge in [0.1, 0.15) is 5.58 Å². The van der Waals surface area contributed by atoms with Crippen molar-refractivity contribution in [3.63, 3.8) is 0 Å². The van der Waals surface area contributed by atoms with E-state index in [1.165, 1.54) is 0 Å². The van der Waals surface area contributed by atoms with Gasteiger partial charge in [-0.2, -0.15) is 0 Å². The highest BCUT2D eigenvalue weighted by atomic mass is 16.5. The first kappa shape index (κ1) is 13.6. The maximum Gasteiger partial charge on any atom is 0.224 e. The number of ether oxygens (including phenoxy) is 1. The predicted octanol–water partition coefficient (Wildman–Crippen LogP) is 2.89. The van der Waals surface area contributed by atoms with Crippen molar-refractivity contribution in [2.24, 2.45) is 0 Å². The molecule has 0 saturated carbocycles. The molecule has 1 heterocycles. The number of hydrogen-bond donors (Lipinski definition) is 1. The minimum Gasteiger partial charge on any atom is -0.464 e. The average molecular weight is 283 g/mol. The van der Waals surface area contributed by atoms with E-state index in [1.54, 1.807) is 13.4 Å². The molecule has 4 heteroatoms. The third-order valence-corrected chi connectivity index (χ3v) is 3.52. The van der Waals surface area contributed by atoms with Gasteiger partial charge in [-0.1, -0.05) is 30.3 Å². The van der Waals surface area contributed by atoms with Gasteiger partial charge in [0.25, 0.3) is 0 Å². The molecular weight excluding hydrogens is 266 g/mol. The van der Waals surface area contributed by atoms with Crippen LogP contribution < -0.4 is 5.32 Å². The lowest BCUT2D eigenvalue weighted by atomic mass is 10.0. The average Bonchev–Trinajstić information content (AvgIpc) is 2.91. The Kier molecular flexibility index (Phi) is 3.88. The molecule has 0 radical (unpaired) electrons. The van der Waals surface area contributed by atoms with Crippen molar-refractivity contribution < 1.29 is 13.9 Å². The van der Waals surface area contributed by atoms with Gasteiger partial charge in [-0.3, -0.25) is 4.79 Å². The van der Waals surface area contributed by atoms with E-state index in [9.17, 15) is 4.79 Å². The zero-order valence-corrected chi connectivity index (χ0v) is 11.9. The second-order valence-electron chi connectivity index (χ2n) is 4.94. The summed E-state index contributed by atoms with van der Waals surface area (Å²) in [5.74, 6) is -0.0253. The van der Waals surface area contributed by atoms with E-state index in [4.69, 9.17) is 9.15 Å². The van der Waals surface area contributed by atoms with Crippen LogP contribution in [0.15, 0.2) is 47.1 Å². The van der Waals surface area contributed by atoms with E-state index in [0.717, 1.165) is 27.3 Å². The van der Waals surface area contributed by atoms with Gasteiger partial charge in [0, 0.05) is 24.6 Å². The Morgan fingerprint density at radius 2 is 2.10 bits per heavy atom. The Labute approximate surface area is 122 Å². The minimum absolute atomic E-state index is 0.0253. The van der Waals surface area contributed by atoms with Crippen LogP contribution in [-0.2, 0) is 16.0 Å². The predicted molar refractivity (Wildman–Crippen MR) is 82.3 cm³/mol. The number of carbonyl (C=O) groups excluding carboxylic acids is 1. The summed E-state index contributed by atoms with van der Waals surface area (Å²) in [5, 5.41) is 6.11. The zero-order chi connectivity index (χ0) is 14.7. The van der Waals surface area contributed by atoms with Crippen LogP contribution in [0.4, 0.5) is 0 Å². The molecule has 0 aliphatic heterocycles. The second-order valence-corrected chi connectivity index (χ2v) is 4.94. The molecule has 108 valence electrons. The van der Waals surface area contributed by atoms with E-state index >= 15 is 0 Å². The minimum atomic E-state index is -0.0253. The summed E-state index contributed by atoms with van der Waals surface area (Å²) in [4.78, 5) is 12.0. The molecule has 21 heavy (non-hydrogen) atoms. The van der Waals surface area contributed by atoms with Crippen molar-refractivity contribution in [3.05, 3.63) is 48.2 Å². The third kappa shape index (κ3) is 2.76. The molecule has 1 amide bonds. The maximum absolute atomic E-state index is 12.0. The van der Waals surface area contributed by atoms with Crippen molar-refractivity contribution in [2.45, 2.75) is 6.42 Å². The molecule has 0 atom stereocenters. The first-order valence-corrected chi connectivity index (χ1v) is 6.93. The number of hydrogen-bond acceptors (Lipinski definition) is 3. The van der Waals surface area contributed by atoms with Gasteiger partial charge in [-0.25, -0.2) is 0 Å². The molecule has 3 aromatic rings. The van der Waals surface area contributed by atoms with E-state index < -0.39 is 0 Å². The Morgan fingerprint density at radius 3 is 2.95 bits per heavy atom. The Morgan fingerprint density at radius 1 is 1.24 bits per heavy atom. The topological polar surface area (TPSA) is 51.5 Å². The summed E-state index contributed by atoms with van der Waals surface area (Å²) in [7, 11) is 1.61. The summed E-state index contributed by atoms with van der Waals surface area (Å²) in [6, 6.07) is 12.1. The monoisotopic (exact) mass is 283 g/mol. The zero-order valence-electron chi connectivity index (χ0n) is 11.9. The van der Waals surface area contributed by atoms with E-state index in [0.29, 0.717) is 19.6 Å². The molecule has 0 unspecified atom stereocenters. The highest BCUT2D eigenvalue weighted by molar-refractivity contribution is 6.08. The van der Waals surface area contributed by atoms with Crippen LogP contribution >= 0.6 is 0 Å². The van der Waals surface area contributed by atoms with Crippen LogP contribution in [0, 0.1) is 0 Å². The summed E-state index contributed by atoms with van der Waals surface area (Å²) in [6.45, 7) is 1.03. The van der Waals surface area contributed by atoms with Gasteiger partial charge >= 0.3 is 0 Å². The molecule has 0 bridgehead atoms. The van der Waals surface area contributed by atoms with Crippen LogP contribution in [0.5, 0.6) is 0 Å². The first-order valence-electron chi connectivity index (χ1n) is 6.93. The number of amides is 1. The summed E-state index contributed by atoms with van der Waals surface area (Å²) in [6.07, 6.45) is 1.98. The largest absolute Gasteiger partial charge is 0.464 e. The smallest absolute Gasteiger partial charge is 0.224 e. The van der Waals surface area contributed by atoms with Gasteiger partial charge in [-0.05, 0) is 16.8 Å². The van der Waals surface area contributed by atoms with E-state index in [2.05, 4.69) is 17.4 Å². The molecule has 0 spiro atoms. The van der Waals surface area contributed by atoms with E-state index in [-0.39, 0.29) is 5.91 Å². The Balaban J connectivity index is 1.92. The van der Waals surface area contributed by atoms with Crippen molar-refractivity contribution in [3.8, 4) is 0 Å². The molecule has 0 aliphatic carbocycles. The van der Waals surface area contributed by atoms with Gasteiger partial charge in [0.2, 0.25) is 5.91 Å². The van der Waals surface area contributed by atoms with Crippen LogP contribution in [0.25, 0.3) is 21.7 Å². The van der Waals surface area contributed by atoms with Crippen molar-refractivity contribution in [1.29, 1.82) is 0 Å². The lowest BCUT2D eigenvalue weighted by Crippen LogP contribution is -2.28. The molecule has 3 rings (SSSR count). The lowest BCUT2D eigenvalue weighted by Gasteiger charge is -2.04. The van der Waals surface area contributed by atoms with Crippen LogP contribution in [0.1, 0.15) is 5.56 Å². The van der Waals surface area contributed by atoms with Gasteiger partial charge in [0.05, 0.1) is 19.3 Å². The molecule has 0 fully saturated rings. The summed E-state index contributed by atoms with van der Waals surface area (Å²) in [5.41, 5.74) is 1.73. The number of carbonyl (C=O) groups is 1. The van der Waals surface area contributed by atoms with E-state index in [1.807, 2.05) is 24.3 Å². The molecule has 2 aromatic carbocycles. The Hall–Kier alpha value is -2.33. The SMILES string of the molecule is COCCNC(=O)Cc1coc2ccc3ccccc3c12. The fraction of sp³-hybridized carbons (Fsp3) is 0.235. The lowest BCUT2D eigenvalue weighted by molar-refractivity contribution is -0.120. The molecule has 0 aliphatic rings. The van der Waals surface area contributed by atoms with Gasteiger partial charge < -0.3 is 14.5 Å². The molecule has 1 aromatic heterocycles. The van der Waals surface area contributed by atoms with Gasteiger partial charge in [-0.15, -0.1) is 0 Å². The quantitative estimate of drug-likeness (QED) is 0.732. The fourth-order valence-electron chi connectivity index (χ4n) is 2.53. The third-order valence-electron chi connectivity index (χ3n) is 3.52. The van der Waals surface area contributed by atoms with Crippen molar-refractivity contribution in [2.75, 3.05) is 20.3 Å². The normalized spacial score (nSPS) is 11.1. The Bertz CT molecular complexity index is 776. The van der Waals surface area contributed by atoms with Crippen molar-refractivity contribution in [1.82, 2.24) is 5.32 Å². The maximum atomic E-state index is 12.0. The highest BCUT2D eigenvalue weighted by Gasteiger charge is 2.12. The summed E-state index contributed by atoms with van der Waals surface area (Å²) >= 11 is 0. The highest BCUT2D eigenvalue weighted by Crippen LogP contribution is 2.29. The molecule has 0 saturated heterocycles. The number of benzene rings is 2.